The molecular formula is C14H19N5O2. The van der Waals surface area contributed by atoms with Gasteiger partial charge in [-0.2, -0.15) is 4.98 Å². The van der Waals surface area contributed by atoms with Crippen LogP contribution in [0.1, 0.15) is 18.0 Å². The summed E-state index contributed by atoms with van der Waals surface area (Å²) in [6, 6.07) is 5.89. The minimum atomic E-state index is 0.0703. The van der Waals surface area contributed by atoms with Crippen LogP contribution in [0.15, 0.2) is 18.2 Å². The number of benzene rings is 1. The number of rotatable bonds is 4. The smallest absolute Gasteiger partial charge is 0.243 e. The SMILES string of the molecule is CNc1nc2n(n1)C(c1cc(OC)ccc1OC)CCN2. The molecule has 21 heavy (non-hydrogen) atoms. The standard InChI is InChI=1S/C14H19N5O2/c1-15-13-17-14-16-7-6-11(19(14)18-13)10-8-9(20-2)4-5-12(10)21-3/h4-5,8,11H,6-7H2,1-3H3,(H2,15,16,17,18). The third-order valence-electron chi connectivity index (χ3n) is 3.65. The number of hydrogen-bond acceptors (Lipinski definition) is 6. The molecule has 3 rings (SSSR count). The molecule has 0 bridgehead atoms. The summed E-state index contributed by atoms with van der Waals surface area (Å²) in [4.78, 5) is 4.40. The molecule has 1 aliphatic rings. The highest BCUT2D eigenvalue weighted by Crippen LogP contribution is 2.36. The number of ether oxygens (including phenoxy) is 2. The highest BCUT2D eigenvalue weighted by molar-refractivity contribution is 5.46. The summed E-state index contributed by atoms with van der Waals surface area (Å²) < 4.78 is 12.7. The van der Waals surface area contributed by atoms with Crippen molar-refractivity contribution in [3.8, 4) is 11.5 Å². The Kier molecular flexibility index (Phi) is 3.55. The van der Waals surface area contributed by atoms with Gasteiger partial charge >= 0.3 is 0 Å². The van der Waals surface area contributed by atoms with Crippen LogP contribution in [0.3, 0.4) is 0 Å². The minimum Gasteiger partial charge on any atom is -0.497 e. The maximum absolute atomic E-state index is 5.49. The lowest BCUT2D eigenvalue weighted by molar-refractivity contribution is 0.383. The van der Waals surface area contributed by atoms with Crippen molar-refractivity contribution in [1.82, 2.24) is 14.8 Å². The molecule has 0 saturated carbocycles. The van der Waals surface area contributed by atoms with Gasteiger partial charge in [0.15, 0.2) is 0 Å². The van der Waals surface area contributed by atoms with Gasteiger partial charge in [0.2, 0.25) is 11.9 Å². The maximum atomic E-state index is 5.49. The van der Waals surface area contributed by atoms with E-state index < -0.39 is 0 Å². The molecule has 2 aromatic rings. The molecule has 0 amide bonds. The van der Waals surface area contributed by atoms with Gasteiger partial charge in [-0.1, -0.05) is 0 Å². The lowest BCUT2D eigenvalue weighted by Gasteiger charge is -2.26. The molecule has 2 N–H and O–H groups in total. The predicted molar refractivity (Wildman–Crippen MR) is 80.4 cm³/mol. The lowest BCUT2D eigenvalue weighted by Crippen LogP contribution is -2.25. The second-order valence-electron chi connectivity index (χ2n) is 4.79. The molecule has 0 aliphatic carbocycles. The van der Waals surface area contributed by atoms with Gasteiger partial charge in [-0.3, -0.25) is 0 Å². The first kappa shape index (κ1) is 13.5. The average molecular weight is 289 g/mol. The van der Waals surface area contributed by atoms with Crippen molar-refractivity contribution in [2.45, 2.75) is 12.5 Å². The Balaban J connectivity index is 2.07. The van der Waals surface area contributed by atoms with Crippen molar-refractivity contribution in [2.75, 3.05) is 38.4 Å². The van der Waals surface area contributed by atoms with Gasteiger partial charge < -0.3 is 20.1 Å². The molecule has 112 valence electrons. The normalized spacial score (nSPS) is 16.8. The summed E-state index contributed by atoms with van der Waals surface area (Å²) in [5, 5.41) is 10.7. The zero-order chi connectivity index (χ0) is 14.8. The Morgan fingerprint density at radius 1 is 1.33 bits per heavy atom. The third-order valence-corrected chi connectivity index (χ3v) is 3.65. The summed E-state index contributed by atoms with van der Waals surface area (Å²) in [7, 11) is 5.14. The molecule has 7 heteroatoms. The number of fused-ring (bicyclic) bond motifs is 1. The highest BCUT2D eigenvalue weighted by atomic mass is 16.5. The highest BCUT2D eigenvalue weighted by Gasteiger charge is 2.27. The largest absolute Gasteiger partial charge is 0.497 e. The topological polar surface area (TPSA) is 73.2 Å². The molecule has 0 radical (unpaired) electrons. The summed E-state index contributed by atoms with van der Waals surface area (Å²) in [5.41, 5.74) is 1.05. The fraction of sp³-hybridized carbons (Fsp3) is 0.429. The van der Waals surface area contributed by atoms with Gasteiger partial charge in [0.1, 0.15) is 11.5 Å². The number of anilines is 2. The van der Waals surface area contributed by atoms with Crippen LogP contribution >= 0.6 is 0 Å². The number of nitrogens with one attached hydrogen (secondary N) is 2. The molecule has 7 nitrogen and oxygen atoms in total. The quantitative estimate of drug-likeness (QED) is 0.893. The Morgan fingerprint density at radius 3 is 2.90 bits per heavy atom. The van der Waals surface area contributed by atoms with E-state index in [0.717, 1.165) is 36.0 Å². The van der Waals surface area contributed by atoms with Crippen molar-refractivity contribution in [3.05, 3.63) is 23.8 Å². The van der Waals surface area contributed by atoms with Crippen molar-refractivity contribution < 1.29 is 9.47 Å². The second-order valence-corrected chi connectivity index (χ2v) is 4.79. The van der Waals surface area contributed by atoms with E-state index in [0.29, 0.717) is 5.95 Å². The molecule has 1 unspecified atom stereocenters. The molecule has 0 fully saturated rings. The van der Waals surface area contributed by atoms with Gasteiger partial charge in [-0.15, -0.1) is 5.10 Å². The molecule has 1 aliphatic heterocycles. The first-order valence-electron chi connectivity index (χ1n) is 6.87. The fourth-order valence-corrected chi connectivity index (χ4v) is 2.60. The summed E-state index contributed by atoms with van der Waals surface area (Å²) in [6.45, 7) is 0.840. The van der Waals surface area contributed by atoms with Gasteiger partial charge in [0.25, 0.3) is 0 Å². The van der Waals surface area contributed by atoms with E-state index in [1.54, 1.807) is 14.2 Å². The molecular weight excluding hydrogens is 270 g/mol. The fourth-order valence-electron chi connectivity index (χ4n) is 2.60. The summed E-state index contributed by atoms with van der Waals surface area (Å²) in [5.74, 6) is 3.00. The van der Waals surface area contributed by atoms with E-state index in [1.807, 2.05) is 29.9 Å². The van der Waals surface area contributed by atoms with Crippen molar-refractivity contribution in [2.24, 2.45) is 0 Å². The molecule has 1 aromatic heterocycles. The molecule has 2 heterocycles. The first-order valence-corrected chi connectivity index (χ1v) is 6.87. The monoisotopic (exact) mass is 289 g/mol. The van der Waals surface area contributed by atoms with Crippen molar-refractivity contribution in [3.63, 3.8) is 0 Å². The number of aromatic nitrogens is 3. The second kappa shape index (κ2) is 5.51. The van der Waals surface area contributed by atoms with Crippen molar-refractivity contribution >= 4 is 11.9 Å². The molecule has 0 saturated heterocycles. The number of nitrogens with zero attached hydrogens (tertiary/aromatic N) is 3. The zero-order valence-corrected chi connectivity index (χ0v) is 12.4. The lowest BCUT2D eigenvalue weighted by atomic mass is 10.0. The van der Waals surface area contributed by atoms with Crippen LogP contribution in [0.2, 0.25) is 0 Å². The van der Waals surface area contributed by atoms with Crippen molar-refractivity contribution in [1.29, 1.82) is 0 Å². The van der Waals surface area contributed by atoms with E-state index in [4.69, 9.17) is 9.47 Å². The Labute approximate surface area is 123 Å². The Hall–Kier alpha value is -2.44. The van der Waals surface area contributed by atoms with E-state index >= 15 is 0 Å². The number of hydrogen-bond donors (Lipinski definition) is 2. The zero-order valence-electron chi connectivity index (χ0n) is 12.4. The van der Waals surface area contributed by atoms with E-state index in [9.17, 15) is 0 Å². The molecule has 1 aromatic carbocycles. The summed E-state index contributed by atoms with van der Waals surface area (Å²) >= 11 is 0. The van der Waals surface area contributed by atoms with Gasteiger partial charge in [0, 0.05) is 19.2 Å². The maximum Gasteiger partial charge on any atom is 0.243 e. The van der Waals surface area contributed by atoms with Gasteiger partial charge in [-0.05, 0) is 24.6 Å². The minimum absolute atomic E-state index is 0.0703. The van der Waals surface area contributed by atoms with Crippen LogP contribution in [0.5, 0.6) is 11.5 Å². The third kappa shape index (κ3) is 2.35. The van der Waals surface area contributed by atoms with Gasteiger partial charge in [-0.25, -0.2) is 4.68 Å². The van der Waals surface area contributed by atoms with Crippen LogP contribution in [0, 0.1) is 0 Å². The molecule has 1 atom stereocenters. The van der Waals surface area contributed by atoms with Crippen LogP contribution < -0.4 is 20.1 Å². The number of methoxy groups -OCH3 is 2. The van der Waals surface area contributed by atoms with Crippen LogP contribution in [-0.4, -0.2) is 42.6 Å². The first-order chi connectivity index (χ1) is 10.3. The van der Waals surface area contributed by atoms with Crippen LogP contribution in [-0.2, 0) is 0 Å². The van der Waals surface area contributed by atoms with Crippen LogP contribution in [0.4, 0.5) is 11.9 Å². The predicted octanol–water partition coefficient (Wildman–Crippen LogP) is 1.74. The van der Waals surface area contributed by atoms with E-state index in [2.05, 4.69) is 20.7 Å². The Bertz CT molecular complexity index is 640. The Morgan fingerprint density at radius 2 is 2.19 bits per heavy atom. The average Bonchev–Trinajstić information content (AvgIpc) is 2.97. The van der Waals surface area contributed by atoms with Crippen LogP contribution in [0.25, 0.3) is 0 Å². The molecule has 0 spiro atoms. The van der Waals surface area contributed by atoms with E-state index in [-0.39, 0.29) is 6.04 Å². The van der Waals surface area contributed by atoms with E-state index in [1.165, 1.54) is 0 Å². The summed E-state index contributed by atoms with van der Waals surface area (Å²) in [6.07, 6.45) is 0.906. The van der Waals surface area contributed by atoms with Gasteiger partial charge in [0.05, 0.1) is 20.3 Å².